The van der Waals surface area contributed by atoms with E-state index in [1.165, 1.54) is 6.42 Å². The highest BCUT2D eigenvalue weighted by Gasteiger charge is 2.35. The number of amides is 2. The van der Waals surface area contributed by atoms with Gasteiger partial charge in [-0.1, -0.05) is 25.5 Å². The van der Waals surface area contributed by atoms with E-state index in [2.05, 4.69) is 23.2 Å². The van der Waals surface area contributed by atoms with Crippen molar-refractivity contribution in [1.29, 1.82) is 0 Å². The summed E-state index contributed by atoms with van der Waals surface area (Å²) in [4.78, 5) is 28.9. The molecule has 2 amide bonds. The van der Waals surface area contributed by atoms with Crippen molar-refractivity contribution in [2.24, 2.45) is 0 Å². The van der Waals surface area contributed by atoms with Gasteiger partial charge in [0.15, 0.2) is 0 Å². The van der Waals surface area contributed by atoms with Gasteiger partial charge in [0.1, 0.15) is 0 Å². The van der Waals surface area contributed by atoms with Gasteiger partial charge in [-0.3, -0.25) is 9.59 Å². The predicted molar refractivity (Wildman–Crippen MR) is 96.3 cm³/mol. The van der Waals surface area contributed by atoms with Crippen LogP contribution in [0, 0.1) is 0 Å². The Morgan fingerprint density at radius 1 is 1.21 bits per heavy atom. The molecule has 130 valence electrons. The molecule has 1 atom stereocenters. The summed E-state index contributed by atoms with van der Waals surface area (Å²) in [5.74, 6) is 0.0317. The van der Waals surface area contributed by atoms with Gasteiger partial charge in [0.05, 0.1) is 11.4 Å². The van der Waals surface area contributed by atoms with Crippen molar-refractivity contribution in [3.05, 3.63) is 24.3 Å². The van der Waals surface area contributed by atoms with Crippen LogP contribution in [0.1, 0.15) is 45.4 Å². The third-order valence-electron chi connectivity index (χ3n) is 4.97. The Kier molecular flexibility index (Phi) is 5.38. The van der Waals surface area contributed by atoms with Crippen LogP contribution in [0.15, 0.2) is 24.3 Å². The summed E-state index contributed by atoms with van der Waals surface area (Å²) in [6, 6.07) is 8.55. The highest BCUT2D eigenvalue weighted by Crippen LogP contribution is 2.39. The summed E-state index contributed by atoms with van der Waals surface area (Å²) in [6.07, 6.45) is 4.91. The molecule has 1 fully saturated rings. The largest absolute Gasteiger partial charge is 0.365 e. The van der Waals surface area contributed by atoms with E-state index in [1.807, 2.05) is 23.1 Å². The third-order valence-corrected chi connectivity index (χ3v) is 4.97. The summed E-state index contributed by atoms with van der Waals surface area (Å²) in [5, 5.41) is 2.88. The van der Waals surface area contributed by atoms with Crippen molar-refractivity contribution in [1.82, 2.24) is 5.32 Å². The number of rotatable bonds is 6. The highest BCUT2D eigenvalue weighted by molar-refractivity contribution is 5.99. The van der Waals surface area contributed by atoms with Gasteiger partial charge >= 0.3 is 0 Å². The minimum absolute atomic E-state index is 0.0235. The summed E-state index contributed by atoms with van der Waals surface area (Å²) < 4.78 is 0. The first-order valence-electron chi connectivity index (χ1n) is 9.13. The molecule has 0 saturated carbocycles. The van der Waals surface area contributed by atoms with Gasteiger partial charge in [0, 0.05) is 38.5 Å². The molecule has 0 bridgehead atoms. The second kappa shape index (κ2) is 7.69. The molecule has 3 rings (SSSR count). The first kappa shape index (κ1) is 16.8. The molecular weight excluding hydrogens is 302 g/mol. The first-order valence-corrected chi connectivity index (χ1v) is 9.13. The number of anilines is 2. The Morgan fingerprint density at radius 3 is 2.79 bits per heavy atom. The molecular formula is C19H27N3O2. The van der Waals surface area contributed by atoms with Crippen LogP contribution in [-0.4, -0.2) is 37.5 Å². The lowest BCUT2D eigenvalue weighted by Crippen LogP contribution is -2.48. The molecule has 5 nitrogen and oxygen atoms in total. The average molecular weight is 329 g/mol. The van der Waals surface area contributed by atoms with Gasteiger partial charge in [-0.25, -0.2) is 0 Å². The number of unbranched alkanes of at least 4 members (excludes halogenated alkanes) is 1. The Labute approximate surface area is 144 Å². The zero-order valence-corrected chi connectivity index (χ0v) is 14.5. The third kappa shape index (κ3) is 3.55. The molecule has 1 N–H and O–H groups in total. The molecule has 1 saturated heterocycles. The number of nitrogens with one attached hydrogen (secondary N) is 1. The van der Waals surface area contributed by atoms with Gasteiger partial charge in [-0.05, 0) is 31.4 Å². The first-order chi connectivity index (χ1) is 11.7. The van der Waals surface area contributed by atoms with Crippen molar-refractivity contribution >= 4 is 23.2 Å². The zero-order chi connectivity index (χ0) is 16.9. The predicted octanol–water partition coefficient (Wildman–Crippen LogP) is 2.70. The van der Waals surface area contributed by atoms with Gasteiger partial charge in [0.2, 0.25) is 11.8 Å². The van der Waals surface area contributed by atoms with Crippen molar-refractivity contribution in [3.63, 3.8) is 0 Å². The molecule has 0 radical (unpaired) electrons. The van der Waals surface area contributed by atoms with E-state index in [4.69, 9.17) is 0 Å². The van der Waals surface area contributed by atoms with Gasteiger partial charge in [-0.15, -0.1) is 0 Å². The van der Waals surface area contributed by atoms with E-state index >= 15 is 0 Å². The van der Waals surface area contributed by atoms with Crippen molar-refractivity contribution < 1.29 is 9.59 Å². The van der Waals surface area contributed by atoms with E-state index in [0.29, 0.717) is 12.6 Å². The average Bonchev–Trinajstić information content (AvgIpc) is 3.08. The van der Waals surface area contributed by atoms with E-state index in [0.717, 1.165) is 43.7 Å². The van der Waals surface area contributed by atoms with Crippen LogP contribution in [0.4, 0.5) is 11.4 Å². The molecule has 5 heteroatoms. The monoisotopic (exact) mass is 329 g/mol. The van der Waals surface area contributed by atoms with Crippen LogP contribution in [-0.2, 0) is 9.59 Å². The lowest BCUT2D eigenvalue weighted by atomic mass is 10.1. The summed E-state index contributed by atoms with van der Waals surface area (Å²) in [7, 11) is 0. The van der Waals surface area contributed by atoms with Gasteiger partial charge in [-0.2, -0.15) is 0 Å². The van der Waals surface area contributed by atoms with Crippen molar-refractivity contribution in [2.75, 3.05) is 29.4 Å². The quantitative estimate of drug-likeness (QED) is 0.817. The molecule has 2 aliphatic heterocycles. The summed E-state index contributed by atoms with van der Waals surface area (Å²) in [6.45, 7) is 4.61. The molecule has 24 heavy (non-hydrogen) atoms. The number of hydrogen-bond donors (Lipinski definition) is 1. The van der Waals surface area contributed by atoms with Crippen LogP contribution in [0.5, 0.6) is 0 Å². The minimum Gasteiger partial charge on any atom is -0.365 e. The Morgan fingerprint density at radius 2 is 2.00 bits per heavy atom. The molecule has 1 aromatic carbocycles. The lowest BCUT2D eigenvalue weighted by Gasteiger charge is -2.40. The minimum atomic E-state index is -0.0235. The Bertz CT molecular complexity index is 602. The molecule has 2 aliphatic rings. The van der Waals surface area contributed by atoms with E-state index in [1.54, 1.807) is 0 Å². The van der Waals surface area contributed by atoms with Crippen LogP contribution in [0.25, 0.3) is 0 Å². The number of para-hydroxylation sites is 2. The second-order valence-corrected chi connectivity index (χ2v) is 6.69. The number of carbonyl (C=O) groups is 2. The number of hydrogen-bond acceptors (Lipinski definition) is 3. The van der Waals surface area contributed by atoms with Crippen LogP contribution < -0.4 is 15.1 Å². The smallest absolute Gasteiger partial charge is 0.227 e. The Hall–Kier alpha value is -2.04. The van der Waals surface area contributed by atoms with E-state index < -0.39 is 0 Å². The summed E-state index contributed by atoms with van der Waals surface area (Å²) >= 11 is 0. The lowest BCUT2D eigenvalue weighted by molar-refractivity contribution is -0.125. The fourth-order valence-electron chi connectivity index (χ4n) is 3.67. The maximum atomic E-state index is 12.7. The summed E-state index contributed by atoms with van der Waals surface area (Å²) in [5.41, 5.74) is 2.15. The fraction of sp³-hybridized carbons (Fsp3) is 0.579. The molecule has 0 unspecified atom stereocenters. The maximum Gasteiger partial charge on any atom is 0.227 e. The Balaban J connectivity index is 1.63. The molecule has 0 aliphatic carbocycles. The maximum absolute atomic E-state index is 12.7. The van der Waals surface area contributed by atoms with Crippen molar-refractivity contribution in [2.45, 2.75) is 51.5 Å². The second-order valence-electron chi connectivity index (χ2n) is 6.69. The van der Waals surface area contributed by atoms with E-state index in [9.17, 15) is 9.59 Å². The van der Waals surface area contributed by atoms with Crippen molar-refractivity contribution in [3.8, 4) is 0 Å². The zero-order valence-electron chi connectivity index (χ0n) is 14.5. The number of benzene rings is 1. The van der Waals surface area contributed by atoms with Crippen LogP contribution >= 0.6 is 0 Å². The highest BCUT2D eigenvalue weighted by atomic mass is 16.2. The van der Waals surface area contributed by atoms with Gasteiger partial charge in [0.25, 0.3) is 0 Å². The van der Waals surface area contributed by atoms with E-state index in [-0.39, 0.29) is 24.7 Å². The number of nitrogens with zero attached hydrogens (tertiary/aromatic N) is 2. The SMILES string of the molecule is CCCCNC(=O)CCC(=O)N1C[C@@H]2CCCN2c2ccccc21. The number of fused-ring (bicyclic) bond motifs is 3. The normalized spacial score (nSPS) is 19.0. The topological polar surface area (TPSA) is 52.7 Å². The standard InChI is InChI=1S/C19H27N3O2/c1-2-3-12-20-18(23)10-11-19(24)22-14-15-7-6-13-21(15)16-8-4-5-9-17(16)22/h4-5,8-9,15H,2-3,6-7,10-14H2,1H3,(H,20,23)/t15-/m0/s1. The fourth-order valence-corrected chi connectivity index (χ4v) is 3.67. The molecule has 0 aromatic heterocycles. The van der Waals surface area contributed by atoms with Crippen LogP contribution in [0.3, 0.4) is 0 Å². The molecule has 0 spiro atoms. The van der Waals surface area contributed by atoms with Crippen LogP contribution in [0.2, 0.25) is 0 Å². The molecule has 2 heterocycles. The number of carbonyl (C=O) groups excluding carboxylic acids is 2. The molecule has 1 aromatic rings. The van der Waals surface area contributed by atoms with Gasteiger partial charge < -0.3 is 15.1 Å².